The number of rotatable bonds is 4. The lowest BCUT2D eigenvalue weighted by Gasteiger charge is -2.03. The third-order valence-electron chi connectivity index (χ3n) is 5.84. The summed E-state index contributed by atoms with van der Waals surface area (Å²) < 4.78 is 0. The molecule has 0 N–H and O–H groups in total. The van der Waals surface area contributed by atoms with Crippen molar-refractivity contribution in [1.29, 1.82) is 0 Å². The van der Waals surface area contributed by atoms with Crippen LogP contribution < -0.4 is 0 Å². The van der Waals surface area contributed by atoms with Gasteiger partial charge in [0.25, 0.3) is 0 Å². The quantitative estimate of drug-likeness (QED) is 0.263. The van der Waals surface area contributed by atoms with Crippen molar-refractivity contribution in [2.24, 2.45) is 0 Å². The molecule has 4 aromatic heterocycles. The monoisotopic (exact) mass is 531 g/mol. The van der Waals surface area contributed by atoms with E-state index in [1.54, 1.807) is 11.3 Å². The van der Waals surface area contributed by atoms with Crippen LogP contribution in [0.1, 0.15) is 119 Å². The van der Waals surface area contributed by atoms with E-state index in [1.165, 1.54) is 28.1 Å². The van der Waals surface area contributed by atoms with E-state index >= 15 is 0 Å². The normalized spacial score (nSPS) is 10.4. The maximum atomic E-state index is 4.37. The number of hydrogen-bond donors (Lipinski definition) is 0. The molecule has 0 aliphatic carbocycles. The Labute approximate surface area is 236 Å². The van der Waals surface area contributed by atoms with E-state index < -0.39 is 0 Å². The topological polar surface area (TPSA) is 38.7 Å². The van der Waals surface area contributed by atoms with Gasteiger partial charge in [0, 0.05) is 35.2 Å². The molecule has 0 saturated carbocycles. The largest absolute Gasteiger partial charge is 0.261 e. The molecule has 0 aliphatic rings. The second-order valence-electron chi connectivity index (χ2n) is 10.9. The van der Waals surface area contributed by atoms with Gasteiger partial charge in [-0.05, 0) is 102 Å². The summed E-state index contributed by atoms with van der Waals surface area (Å²) in [6.07, 6.45) is 3.86. The minimum Gasteiger partial charge on any atom is -0.261 e. The van der Waals surface area contributed by atoms with Gasteiger partial charge in [0.15, 0.2) is 0 Å². The fourth-order valence-electron chi connectivity index (χ4n) is 3.13. The number of aryl methyl sites for hydroxylation is 3. The first-order chi connectivity index (χ1) is 17.9. The third kappa shape index (κ3) is 13.6. The Balaban J connectivity index is 0.000000254. The van der Waals surface area contributed by atoms with Gasteiger partial charge in [-0.1, -0.05) is 73.6 Å². The molecule has 0 radical (unpaired) electrons. The fourth-order valence-corrected chi connectivity index (χ4v) is 3.95. The molecule has 0 unspecified atom stereocenters. The van der Waals surface area contributed by atoms with Crippen LogP contribution in [0.4, 0.5) is 0 Å². The molecule has 4 heterocycles. The van der Waals surface area contributed by atoms with E-state index in [-0.39, 0.29) is 0 Å². The predicted octanol–water partition coefficient (Wildman–Crippen LogP) is 10.4. The number of pyridine rings is 3. The van der Waals surface area contributed by atoms with Gasteiger partial charge < -0.3 is 0 Å². The van der Waals surface area contributed by atoms with Crippen LogP contribution in [0.5, 0.6) is 0 Å². The summed E-state index contributed by atoms with van der Waals surface area (Å²) in [5.41, 5.74) is 8.53. The number of hydrogen-bond acceptors (Lipinski definition) is 4. The second-order valence-corrected chi connectivity index (χ2v) is 11.7. The van der Waals surface area contributed by atoms with E-state index in [0.29, 0.717) is 23.7 Å². The molecule has 0 aromatic carbocycles. The zero-order valence-corrected chi connectivity index (χ0v) is 26.3. The summed E-state index contributed by atoms with van der Waals surface area (Å²) in [7, 11) is 0. The van der Waals surface area contributed by atoms with Crippen molar-refractivity contribution in [3.63, 3.8) is 0 Å². The van der Waals surface area contributed by atoms with Crippen molar-refractivity contribution in [1.82, 2.24) is 15.0 Å². The highest BCUT2D eigenvalue weighted by atomic mass is 32.1. The predicted molar refractivity (Wildman–Crippen MR) is 168 cm³/mol. The second kappa shape index (κ2) is 17.6. The average Bonchev–Trinajstić information content (AvgIpc) is 3.41. The van der Waals surface area contributed by atoms with Crippen LogP contribution in [-0.4, -0.2) is 15.0 Å². The number of aromatic nitrogens is 3. The highest BCUT2D eigenvalue weighted by Gasteiger charge is 1.99. The Morgan fingerprint density at radius 2 is 1.21 bits per heavy atom. The van der Waals surface area contributed by atoms with Crippen molar-refractivity contribution in [2.45, 2.75) is 99.8 Å². The first-order valence-corrected chi connectivity index (χ1v) is 14.7. The van der Waals surface area contributed by atoms with E-state index in [9.17, 15) is 0 Å². The molecule has 3 nitrogen and oxygen atoms in total. The molecule has 0 spiro atoms. The Kier molecular flexibility index (Phi) is 15.4. The van der Waals surface area contributed by atoms with Crippen molar-refractivity contribution >= 4 is 11.3 Å². The molecular weight excluding hydrogens is 482 g/mol. The van der Waals surface area contributed by atoms with Crippen molar-refractivity contribution in [2.75, 3.05) is 0 Å². The van der Waals surface area contributed by atoms with Gasteiger partial charge in [-0.15, -0.1) is 0 Å². The minimum atomic E-state index is 0.542. The Hall–Kier alpha value is -2.85. The van der Waals surface area contributed by atoms with Crippen LogP contribution in [0.15, 0.2) is 71.7 Å². The summed E-state index contributed by atoms with van der Waals surface area (Å²) in [6, 6.07) is 16.7. The summed E-state index contributed by atoms with van der Waals surface area (Å²) in [5.74, 6) is 2.37. The van der Waals surface area contributed by atoms with Gasteiger partial charge in [-0.2, -0.15) is 11.3 Å². The van der Waals surface area contributed by atoms with Crippen LogP contribution in [0.25, 0.3) is 0 Å². The molecule has 0 aliphatic heterocycles. The van der Waals surface area contributed by atoms with Gasteiger partial charge in [0.05, 0.1) is 0 Å². The first-order valence-electron chi connectivity index (χ1n) is 13.7. The average molecular weight is 532 g/mol. The van der Waals surface area contributed by atoms with Gasteiger partial charge >= 0.3 is 0 Å². The van der Waals surface area contributed by atoms with Crippen molar-refractivity contribution in [3.8, 4) is 0 Å². The Bertz CT molecular complexity index is 1080. The van der Waals surface area contributed by atoms with E-state index in [0.717, 1.165) is 11.4 Å². The van der Waals surface area contributed by atoms with Crippen LogP contribution in [0, 0.1) is 20.8 Å². The van der Waals surface area contributed by atoms with Crippen LogP contribution in [0.2, 0.25) is 0 Å². The molecule has 0 saturated heterocycles. The van der Waals surface area contributed by atoms with Gasteiger partial charge in [0.2, 0.25) is 0 Å². The molecule has 38 heavy (non-hydrogen) atoms. The molecule has 4 aromatic rings. The summed E-state index contributed by atoms with van der Waals surface area (Å²) >= 11 is 1.77. The highest BCUT2D eigenvalue weighted by molar-refractivity contribution is 7.07. The maximum absolute atomic E-state index is 4.37. The molecule has 0 bridgehead atoms. The zero-order valence-electron chi connectivity index (χ0n) is 25.5. The van der Waals surface area contributed by atoms with Crippen LogP contribution in [-0.2, 0) is 0 Å². The van der Waals surface area contributed by atoms with E-state index in [1.807, 2.05) is 32.3 Å². The van der Waals surface area contributed by atoms with E-state index in [2.05, 4.69) is 130 Å². The Morgan fingerprint density at radius 1 is 0.553 bits per heavy atom. The standard InChI is InChI=1S/3C9H13N.C7H10S/c1-7(2)9-5-4-8(3)10-6-9;1-7(2)9-5-4-8(3)6-10-9;1-7(2)9-6-4-5-8(3)10-9;1-6(2)7-3-4-8-5-7/h3*4-7H,1-3H3;3-6H,1-2H3. The molecule has 206 valence electrons. The lowest BCUT2D eigenvalue weighted by atomic mass is 10.1. The van der Waals surface area contributed by atoms with Crippen molar-refractivity contribution < 1.29 is 0 Å². The third-order valence-corrected chi connectivity index (χ3v) is 6.54. The summed E-state index contributed by atoms with van der Waals surface area (Å²) in [5, 5.41) is 4.32. The molecule has 0 amide bonds. The van der Waals surface area contributed by atoms with Gasteiger partial charge in [-0.25, -0.2) is 0 Å². The molecule has 4 heteroatoms. The van der Waals surface area contributed by atoms with Crippen LogP contribution in [0.3, 0.4) is 0 Å². The molecule has 0 atom stereocenters. The Morgan fingerprint density at radius 3 is 1.58 bits per heavy atom. The summed E-state index contributed by atoms with van der Waals surface area (Å²) in [4.78, 5) is 12.9. The molecule has 0 fully saturated rings. The molecular formula is C34H49N3S. The van der Waals surface area contributed by atoms with Crippen LogP contribution >= 0.6 is 11.3 Å². The number of thiophene rings is 1. The SMILES string of the molecule is CC(C)c1ccsc1.Cc1ccc(C(C)C)cn1.Cc1ccc(C(C)C)nc1.Cc1cccc(C(C)C)n1. The van der Waals surface area contributed by atoms with Crippen molar-refractivity contribution in [3.05, 3.63) is 111 Å². The highest BCUT2D eigenvalue weighted by Crippen LogP contribution is 2.16. The van der Waals surface area contributed by atoms with Gasteiger partial charge in [-0.3, -0.25) is 15.0 Å². The zero-order chi connectivity index (χ0) is 28.7. The number of nitrogens with zero attached hydrogens (tertiary/aromatic N) is 3. The molecule has 4 rings (SSSR count). The minimum absolute atomic E-state index is 0.542. The maximum Gasteiger partial charge on any atom is 0.0432 e. The van der Waals surface area contributed by atoms with Gasteiger partial charge in [0.1, 0.15) is 0 Å². The first kappa shape index (κ1) is 33.2. The lowest BCUT2D eigenvalue weighted by Crippen LogP contribution is -1.92. The smallest absolute Gasteiger partial charge is 0.0432 e. The lowest BCUT2D eigenvalue weighted by molar-refractivity contribution is 0.815. The fraction of sp³-hybridized carbons (Fsp3) is 0.441. The summed E-state index contributed by atoms with van der Waals surface area (Å²) in [6.45, 7) is 23.5. The van der Waals surface area contributed by atoms with E-state index in [4.69, 9.17) is 0 Å².